The number of aliphatic imine (C=N–C) groups is 1. The Balaban J connectivity index is 0.000000423. The topological polar surface area (TPSA) is 38.1 Å². The first-order valence-corrected chi connectivity index (χ1v) is 5.27. The molecule has 80 valence electrons. The summed E-state index contributed by atoms with van der Waals surface area (Å²) in [4.78, 5) is 11.9. The first-order valence-electron chi connectivity index (χ1n) is 3.70. The van der Waals surface area contributed by atoms with Gasteiger partial charge in [-0.15, -0.1) is 0 Å². The van der Waals surface area contributed by atoms with Gasteiger partial charge in [-0.3, -0.25) is 4.98 Å². The second kappa shape index (κ2) is 7.79. The van der Waals surface area contributed by atoms with Crippen LogP contribution in [0.4, 0.5) is 5.82 Å². The van der Waals surface area contributed by atoms with Gasteiger partial charge in [-0.25, -0.2) is 4.98 Å². The second-order valence-corrected chi connectivity index (χ2v) is 4.34. The van der Waals surface area contributed by atoms with Crippen LogP contribution in [0.3, 0.4) is 0 Å². The van der Waals surface area contributed by atoms with Gasteiger partial charge >= 0.3 is 0 Å². The maximum absolute atomic E-state index is 4.77. The van der Waals surface area contributed by atoms with Crippen molar-refractivity contribution in [2.45, 2.75) is 13.8 Å². The van der Waals surface area contributed by atoms with Crippen LogP contribution in [0, 0.1) is 13.8 Å². The fourth-order valence-electron chi connectivity index (χ4n) is 0.744. The van der Waals surface area contributed by atoms with Crippen LogP contribution in [0.2, 0.25) is 0 Å². The van der Waals surface area contributed by atoms with Crippen LogP contribution >= 0.6 is 47.6 Å². The van der Waals surface area contributed by atoms with Crippen LogP contribution in [0.15, 0.2) is 11.2 Å². The Kier molecular flexibility index (Phi) is 7.56. The van der Waals surface area contributed by atoms with Crippen LogP contribution in [-0.2, 0) is 0 Å². The minimum absolute atomic E-state index is 0.0556. The second-order valence-electron chi connectivity index (χ2n) is 2.35. The molecule has 0 bridgehead atoms. The Morgan fingerprint density at radius 1 is 1.47 bits per heavy atom. The number of aryl methyl sites for hydroxylation is 2. The molecule has 0 saturated heterocycles. The first-order chi connectivity index (χ1) is 6.97. The van der Waals surface area contributed by atoms with E-state index in [1.807, 2.05) is 13.8 Å². The predicted molar refractivity (Wildman–Crippen MR) is 70.5 cm³/mol. The molecule has 1 heterocycles. The quantitative estimate of drug-likeness (QED) is 0.448. The zero-order chi connectivity index (χ0) is 11.8. The van der Waals surface area contributed by atoms with Crippen molar-refractivity contribution in [2.75, 3.05) is 0 Å². The van der Waals surface area contributed by atoms with Gasteiger partial charge in [0, 0.05) is 0 Å². The van der Waals surface area contributed by atoms with E-state index in [0.717, 1.165) is 11.4 Å². The Morgan fingerprint density at radius 2 is 2.00 bits per heavy atom. The molecule has 0 spiro atoms. The summed E-state index contributed by atoms with van der Waals surface area (Å²) in [6.45, 7) is 3.72. The van der Waals surface area contributed by atoms with Crippen LogP contribution in [0.25, 0.3) is 0 Å². The van der Waals surface area contributed by atoms with Crippen molar-refractivity contribution in [3.05, 3.63) is 17.6 Å². The molecule has 0 unspecified atom stereocenters. The monoisotopic (exact) mass is 279 g/mol. The number of isothiocyanates is 1. The lowest BCUT2D eigenvalue weighted by Crippen LogP contribution is -1.88. The molecule has 0 fully saturated rings. The Hall–Kier alpha value is -0.450. The Bertz CT molecular complexity index is 399. The molecule has 0 saturated carbocycles. The third-order valence-electron chi connectivity index (χ3n) is 1.19. The molecule has 0 radical (unpaired) electrons. The first kappa shape index (κ1) is 14.5. The third kappa shape index (κ3) is 7.48. The summed E-state index contributed by atoms with van der Waals surface area (Å²) < 4.78 is -0.0556. The molecule has 1 rings (SSSR count). The fourth-order valence-corrected chi connectivity index (χ4v) is 0.831. The van der Waals surface area contributed by atoms with E-state index in [1.165, 1.54) is 0 Å². The smallest absolute Gasteiger partial charge is 0.183 e. The molecule has 0 amide bonds. The van der Waals surface area contributed by atoms with Crippen molar-refractivity contribution in [2.24, 2.45) is 4.99 Å². The molecule has 0 aliphatic rings. The van der Waals surface area contributed by atoms with Crippen LogP contribution < -0.4 is 0 Å². The molecule has 0 aliphatic carbocycles. The summed E-state index contributed by atoms with van der Waals surface area (Å²) in [7, 11) is 0. The lowest BCUT2D eigenvalue weighted by molar-refractivity contribution is 1.05. The maximum atomic E-state index is 4.77. The zero-order valence-corrected chi connectivity index (χ0v) is 11.1. The van der Waals surface area contributed by atoms with Crippen LogP contribution in [-0.4, -0.2) is 18.9 Å². The molecule has 0 aromatic carbocycles. The molecule has 1 aromatic rings. The van der Waals surface area contributed by atoms with E-state index in [9.17, 15) is 0 Å². The van der Waals surface area contributed by atoms with Crippen molar-refractivity contribution in [1.29, 1.82) is 0 Å². The summed E-state index contributed by atoms with van der Waals surface area (Å²) in [6, 6.07) is 0. The summed E-state index contributed by atoms with van der Waals surface area (Å²) in [5, 5.41) is 2.25. The lowest BCUT2D eigenvalue weighted by Gasteiger charge is -1.96. The molecular formula is C8H7Cl2N3S2. The number of rotatable bonds is 1. The van der Waals surface area contributed by atoms with Gasteiger partial charge < -0.3 is 0 Å². The average molecular weight is 280 g/mol. The van der Waals surface area contributed by atoms with E-state index in [-0.39, 0.29) is 3.78 Å². The minimum Gasteiger partial charge on any atom is -0.253 e. The van der Waals surface area contributed by atoms with Crippen LogP contribution in [0.5, 0.6) is 0 Å². The van der Waals surface area contributed by atoms with Crippen molar-refractivity contribution < 1.29 is 0 Å². The van der Waals surface area contributed by atoms with Gasteiger partial charge in [0.05, 0.1) is 22.7 Å². The third-order valence-corrected chi connectivity index (χ3v) is 1.28. The molecule has 1 aromatic heterocycles. The van der Waals surface area contributed by atoms with Gasteiger partial charge in [-0.05, 0) is 26.1 Å². The van der Waals surface area contributed by atoms with Gasteiger partial charge in [0.25, 0.3) is 0 Å². The van der Waals surface area contributed by atoms with E-state index in [4.69, 9.17) is 23.2 Å². The largest absolute Gasteiger partial charge is 0.253 e. The Labute approximate surface area is 109 Å². The predicted octanol–water partition coefficient (Wildman–Crippen LogP) is 3.58. The molecule has 15 heavy (non-hydrogen) atoms. The maximum Gasteiger partial charge on any atom is 0.183 e. The van der Waals surface area contributed by atoms with Gasteiger partial charge in [0.1, 0.15) is 0 Å². The molecule has 3 nitrogen and oxygen atoms in total. The average Bonchev–Trinajstić information content (AvgIpc) is 2.09. The van der Waals surface area contributed by atoms with E-state index in [1.54, 1.807) is 6.20 Å². The molecule has 0 aliphatic heterocycles. The number of aromatic nitrogens is 2. The molecule has 0 atom stereocenters. The summed E-state index contributed by atoms with van der Waals surface area (Å²) >= 11 is 18.1. The minimum atomic E-state index is -0.0556. The van der Waals surface area contributed by atoms with E-state index >= 15 is 0 Å². The van der Waals surface area contributed by atoms with Gasteiger partial charge in [0.2, 0.25) is 0 Å². The lowest BCUT2D eigenvalue weighted by atomic mass is 10.4. The number of hydrogen-bond acceptors (Lipinski definition) is 5. The highest BCUT2D eigenvalue weighted by Crippen LogP contribution is 2.10. The highest BCUT2D eigenvalue weighted by Gasteiger charge is 1.97. The highest BCUT2D eigenvalue weighted by molar-refractivity contribution is 7.86. The number of halogens is 2. The van der Waals surface area contributed by atoms with E-state index in [2.05, 4.69) is 44.6 Å². The van der Waals surface area contributed by atoms with Gasteiger partial charge in [-0.2, -0.15) is 4.99 Å². The Morgan fingerprint density at radius 3 is 2.40 bits per heavy atom. The van der Waals surface area contributed by atoms with E-state index in [0.29, 0.717) is 5.82 Å². The SMILES string of the molecule is Cc1cnc(N=C=S)c(C)n1.S=C(Cl)Cl. The van der Waals surface area contributed by atoms with Gasteiger partial charge in [-0.1, -0.05) is 35.4 Å². The zero-order valence-electron chi connectivity index (χ0n) is 7.99. The standard InChI is InChI=1S/C7H7N3S.CCl2S/c1-5-3-8-7(9-4-11)6(2)10-5;2-1(3)4/h3H,1-2H3;. The van der Waals surface area contributed by atoms with Crippen molar-refractivity contribution in [3.63, 3.8) is 0 Å². The summed E-state index contributed by atoms with van der Waals surface area (Å²) in [6.07, 6.45) is 1.65. The van der Waals surface area contributed by atoms with Crippen molar-refractivity contribution in [1.82, 2.24) is 9.97 Å². The number of thiocarbonyl (C=S) groups is 2. The van der Waals surface area contributed by atoms with Crippen molar-refractivity contribution in [3.8, 4) is 0 Å². The fraction of sp³-hybridized carbons (Fsp3) is 0.250. The molecule has 7 heteroatoms. The summed E-state index contributed by atoms with van der Waals surface area (Å²) in [5.74, 6) is 0.547. The summed E-state index contributed by atoms with van der Waals surface area (Å²) in [5.41, 5.74) is 1.66. The van der Waals surface area contributed by atoms with Crippen molar-refractivity contribution >= 4 is 62.4 Å². The number of hydrogen-bond donors (Lipinski definition) is 0. The normalized spacial score (nSPS) is 8.27. The van der Waals surface area contributed by atoms with Gasteiger partial charge in [0.15, 0.2) is 9.60 Å². The molecule has 0 N–H and O–H groups in total. The van der Waals surface area contributed by atoms with E-state index < -0.39 is 0 Å². The highest BCUT2D eigenvalue weighted by atomic mass is 35.5. The van der Waals surface area contributed by atoms with Crippen LogP contribution in [0.1, 0.15) is 11.4 Å². The molecular weight excluding hydrogens is 273 g/mol. The number of nitrogens with zero attached hydrogens (tertiary/aromatic N) is 3.